The third-order valence-corrected chi connectivity index (χ3v) is 5.00. The van der Waals surface area contributed by atoms with E-state index >= 15 is 0 Å². The standard InChI is InChI=1S/C23H27N3O3/c1-4-16-9-11-18(12-10-16)26-14-17(13-21(26)27)22(28)25-20-8-6-5-7-19(20)23(29)24-15(2)3/h5-12,15,17H,4,13-14H2,1-3H3,(H,24,29)(H,25,28). The van der Waals surface area contributed by atoms with Gasteiger partial charge in [-0.15, -0.1) is 0 Å². The van der Waals surface area contributed by atoms with Crippen LogP contribution in [0.15, 0.2) is 48.5 Å². The van der Waals surface area contributed by atoms with Crippen molar-refractivity contribution >= 4 is 29.1 Å². The van der Waals surface area contributed by atoms with E-state index in [0.29, 0.717) is 17.8 Å². The molecule has 1 atom stereocenters. The molecule has 6 nitrogen and oxygen atoms in total. The molecule has 1 fully saturated rings. The average molecular weight is 393 g/mol. The van der Waals surface area contributed by atoms with Gasteiger partial charge in [0.2, 0.25) is 11.8 Å². The first-order valence-corrected chi connectivity index (χ1v) is 9.99. The van der Waals surface area contributed by atoms with Crippen molar-refractivity contribution in [3.63, 3.8) is 0 Å². The summed E-state index contributed by atoms with van der Waals surface area (Å²) in [5.74, 6) is -1.03. The first-order valence-electron chi connectivity index (χ1n) is 9.99. The van der Waals surface area contributed by atoms with Crippen LogP contribution in [-0.4, -0.2) is 30.3 Å². The minimum absolute atomic E-state index is 0.00799. The second-order valence-corrected chi connectivity index (χ2v) is 7.59. The number of benzene rings is 2. The van der Waals surface area contributed by atoms with Gasteiger partial charge in [0, 0.05) is 24.7 Å². The maximum atomic E-state index is 12.8. The van der Waals surface area contributed by atoms with E-state index in [1.54, 1.807) is 29.2 Å². The summed E-state index contributed by atoms with van der Waals surface area (Å²) in [6.45, 7) is 6.17. The van der Waals surface area contributed by atoms with Crippen molar-refractivity contribution in [3.8, 4) is 0 Å². The first kappa shape index (κ1) is 20.6. The lowest BCUT2D eigenvalue weighted by Gasteiger charge is -2.18. The van der Waals surface area contributed by atoms with Gasteiger partial charge in [0.25, 0.3) is 5.91 Å². The third-order valence-electron chi connectivity index (χ3n) is 5.00. The summed E-state index contributed by atoms with van der Waals surface area (Å²) in [6.07, 6.45) is 1.09. The Labute approximate surface area is 171 Å². The molecule has 0 aliphatic carbocycles. The first-order chi connectivity index (χ1) is 13.9. The summed E-state index contributed by atoms with van der Waals surface area (Å²) in [7, 11) is 0. The van der Waals surface area contributed by atoms with Crippen molar-refractivity contribution in [2.75, 3.05) is 16.8 Å². The molecule has 2 N–H and O–H groups in total. The van der Waals surface area contributed by atoms with Gasteiger partial charge in [-0.2, -0.15) is 0 Å². The number of carbonyl (C=O) groups excluding carboxylic acids is 3. The number of aryl methyl sites for hydroxylation is 1. The number of hydrogen-bond acceptors (Lipinski definition) is 3. The fourth-order valence-electron chi connectivity index (χ4n) is 3.41. The molecule has 0 bridgehead atoms. The van der Waals surface area contributed by atoms with Crippen molar-refractivity contribution < 1.29 is 14.4 Å². The van der Waals surface area contributed by atoms with Gasteiger partial charge in [-0.25, -0.2) is 0 Å². The zero-order chi connectivity index (χ0) is 21.0. The fraction of sp³-hybridized carbons (Fsp3) is 0.348. The predicted octanol–water partition coefficient (Wildman–Crippen LogP) is 3.38. The Balaban J connectivity index is 1.70. The highest BCUT2D eigenvalue weighted by Gasteiger charge is 2.35. The zero-order valence-corrected chi connectivity index (χ0v) is 17.1. The molecule has 2 aromatic carbocycles. The molecule has 1 aliphatic rings. The summed E-state index contributed by atoms with van der Waals surface area (Å²) in [6, 6.07) is 14.7. The van der Waals surface area contributed by atoms with Crippen LogP contribution in [-0.2, 0) is 16.0 Å². The molecule has 0 spiro atoms. The van der Waals surface area contributed by atoms with Gasteiger partial charge in [-0.3, -0.25) is 14.4 Å². The van der Waals surface area contributed by atoms with E-state index in [1.807, 2.05) is 38.1 Å². The molecule has 1 saturated heterocycles. The molecule has 152 valence electrons. The Kier molecular flexibility index (Phi) is 6.32. The Morgan fingerprint density at radius 1 is 1.10 bits per heavy atom. The van der Waals surface area contributed by atoms with Crippen LogP contribution >= 0.6 is 0 Å². The molecule has 3 rings (SSSR count). The molecule has 1 aliphatic heterocycles. The van der Waals surface area contributed by atoms with Crippen molar-refractivity contribution in [2.24, 2.45) is 5.92 Å². The smallest absolute Gasteiger partial charge is 0.253 e. The van der Waals surface area contributed by atoms with Crippen LogP contribution in [0.5, 0.6) is 0 Å². The number of amides is 3. The molecular weight excluding hydrogens is 366 g/mol. The molecule has 1 unspecified atom stereocenters. The molecular formula is C23H27N3O3. The predicted molar refractivity (Wildman–Crippen MR) is 114 cm³/mol. The van der Waals surface area contributed by atoms with Crippen molar-refractivity contribution in [1.29, 1.82) is 0 Å². The second-order valence-electron chi connectivity index (χ2n) is 7.59. The molecule has 0 radical (unpaired) electrons. The Hall–Kier alpha value is -3.15. The van der Waals surface area contributed by atoms with E-state index in [-0.39, 0.29) is 30.2 Å². The average Bonchev–Trinajstić information content (AvgIpc) is 3.09. The van der Waals surface area contributed by atoms with Crippen LogP contribution < -0.4 is 15.5 Å². The van der Waals surface area contributed by atoms with Gasteiger partial charge in [0.15, 0.2) is 0 Å². The highest BCUT2D eigenvalue weighted by molar-refractivity contribution is 6.07. The molecule has 1 heterocycles. The summed E-state index contributed by atoms with van der Waals surface area (Å²) >= 11 is 0. The summed E-state index contributed by atoms with van der Waals surface area (Å²) < 4.78 is 0. The Morgan fingerprint density at radius 3 is 2.45 bits per heavy atom. The van der Waals surface area contributed by atoms with E-state index < -0.39 is 5.92 Å². The highest BCUT2D eigenvalue weighted by Crippen LogP contribution is 2.27. The number of nitrogens with zero attached hydrogens (tertiary/aromatic N) is 1. The van der Waals surface area contributed by atoms with Crippen LogP contribution in [0.2, 0.25) is 0 Å². The Bertz CT molecular complexity index is 906. The molecule has 0 saturated carbocycles. The quantitative estimate of drug-likeness (QED) is 0.790. The molecule has 6 heteroatoms. The maximum Gasteiger partial charge on any atom is 0.253 e. The topological polar surface area (TPSA) is 78.5 Å². The normalized spacial score (nSPS) is 16.2. The number of rotatable bonds is 6. The van der Waals surface area contributed by atoms with Crippen LogP contribution in [0.1, 0.15) is 43.1 Å². The molecule has 0 aromatic heterocycles. The van der Waals surface area contributed by atoms with Gasteiger partial charge in [0.05, 0.1) is 17.2 Å². The minimum Gasteiger partial charge on any atom is -0.350 e. The van der Waals surface area contributed by atoms with Gasteiger partial charge < -0.3 is 15.5 Å². The van der Waals surface area contributed by atoms with Crippen LogP contribution in [0, 0.1) is 5.92 Å². The molecule has 29 heavy (non-hydrogen) atoms. The largest absolute Gasteiger partial charge is 0.350 e. The number of hydrogen-bond donors (Lipinski definition) is 2. The summed E-state index contributed by atoms with van der Waals surface area (Å²) in [5.41, 5.74) is 2.87. The highest BCUT2D eigenvalue weighted by atomic mass is 16.2. The maximum absolute atomic E-state index is 12.8. The molecule has 2 aromatic rings. The lowest BCUT2D eigenvalue weighted by atomic mass is 10.1. The van der Waals surface area contributed by atoms with Crippen molar-refractivity contribution in [3.05, 3.63) is 59.7 Å². The number of para-hydroxylation sites is 1. The Morgan fingerprint density at radius 2 is 1.79 bits per heavy atom. The summed E-state index contributed by atoms with van der Waals surface area (Å²) in [5, 5.41) is 5.67. The number of nitrogens with one attached hydrogen (secondary N) is 2. The van der Waals surface area contributed by atoms with Gasteiger partial charge in [-0.05, 0) is 50.1 Å². The number of anilines is 2. The van der Waals surface area contributed by atoms with Gasteiger partial charge in [-0.1, -0.05) is 31.2 Å². The van der Waals surface area contributed by atoms with E-state index in [0.717, 1.165) is 12.1 Å². The van der Waals surface area contributed by atoms with Crippen molar-refractivity contribution in [1.82, 2.24) is 5.32 Å². The lowest BCUT2D eigenvalue weighted by molar-refractivity contribution is -0.122. The third kappa shape index (κ3) is 4.83. The summed E-state index contributed by atoms with van der Waals surface area (Å²) in [4.78, 5) is 39.3. The minimum atomic E-state index is -0.463. The van der Waals surface area contributed by atoms with E-state index in [9.17, 15) is 14.4 Å². The van der Waals surface area contributed by atoms with Gasteiger partial charge in [0.1, 0.15) is 0 Å². The van der Waals surface area contributed by atoms with Crippen LogP contribution in [0.25, 0.3) is 0 Å². The van der Waals surface area contributed by atoms with Gasteiger partial charge >= 0.3 is 0 Å². The van der Waals surface area contributed by atoms with E-state index in [4.69, 9.17) is 0 Å². The van der Waals surface area contributed by atoms with Crippen LogP contribution in [0.4, 0.5) is 11.4 Å². The zero-order valence-electron chi connectivity index (χ0n) is 17.1. The van der Waals surface area contributed by atoms with Crippen molar-refractivity contribution in [2.45, 2.75) is 39.7 Å². The molecule has 3 amide bonds. The van der Waals surface area contributed by atoms with Crippen LogP contribution in [0.3, 0.4) is 0 Å². The lowest BCUT2D eigenvalue weighted by Crippen LogP contribution is -2.32. The fourth-order valence-corrected chi connectivity index (χ4v) is 3.41. The van der Waals surface area contributed by atoms with E-state index in [2.05, 4.69) is 17.6 Å². The SMILES string of the molecule is CCc1ccc(N2CC(C(=O)Nc3ccccc3C(=O)NC(C)C)CC2=O)cc1. The number of carbonyl (C=O) groups is 3. The second kappa shape index (κ2) is 8.90. The monoisotopic (exact) mass is 393 g/mol. The van der Waals surface area contributed by atoms with E-state index in [1.165, 1.54) is 5.56 Å².